The van der Waals surface area contributed by atoms with Crippen molar-refractivity contribution < 1.29 is 18.7 Å². The molecule has 0 aliphatic carbocycles. The number of fused-ring (bicyclic) bond motifs is 1. The zero-order valence-corrected chi connectivity index (χ0v) is 15.5. The van der Waals surface area contributed by atoms with Crippen LogP contribution in [-0.2, 0) is 9.53 Å². The van der Waals surface area contributed by atoms with Gasteiger partial charge in [0, 0.05) is 26.7 Å². The number of aryl methyl sites for hydroxylation is 1. The first-order valence-electron chi connectivity index (χ1n) is 7.81. The molecular formula is C19H15Cl2NO4. The van der Waals surface area contributed by atoms with Gasteiger partial charge in [-0.25, -0.2) is 4.79 Å². The summed E-state index contributed by atoms with van der Waals surface area (Å²) >= 11 is 11.8. The van der Waals surface area contributed by atoms with Crippen LogP contribution in [0.1, 0.15) is 23.0 Å². The van der Waals surface area contributed by atoms with E-state index in [9.17, 15) is 9.59 Å². The Morgan fingerprint density at radius 3 is 2.42 bits per heavy atom. The number of benzene rings is 2. The molecule has 1 heterocycles. The highest BCUT2D eigenvalue weighted by Crippen LogP contribution is 2.26. The minimum atomic E-state index is -1.03. The van der Waals surface area contributed by atoms with Gasteiger partial charge in [0.25, 0.3) is 5.91 Å². The highest BCUT2D eigenvalue weighted by atomic mass is 35.5. The third-order valence-electron chi connectivity index (χ3n) is 3.81. The molecule has 0 radical (unpaired) electrons. The fourth-order valence-electron chi connectivity index (χ4n) is 2.51. The van der Waals surface area contributed by atoms with Crippen molar-refractivity contribution in [2.24, 2.45) is 0 Å². The molecule has 5 nitrogen and oxygen atoms in total. The predicted octanol–water partition coefficient (Wildman–Crippen LogP) is 5.23. The molecule has 3 rings (SSSR count). The number of furan rings is 1. The number of halogens is 2. The Balaban J connectivity index is 1.71. The van der Waals surface area contributed by atoms with Gasteiger partial charge in [0.15, 0.2) is 6.10 Å². The molecule has 26 heavy (non-hydrogen) atoms. The van der Waals surface area contributed by atoms with Crippen molar-refractivity contribution in [2.75, 3.05) is 5.32 Å². The fraction of sp³-hybridized carbons (Fsp3) is 0.158. The number of ether oxygens (including phenoxy) is 1. The fourth-order valence-corrected chi connectivity index (χ4v) is 3.03. The zero-order valence-electron chi connectivity index (χ0n) is 14.0. The standard InChI is InChI=1S/C19H15Cl2NO4/c1-10-15-5-3-4-6-16(15)26-17(10)19(24)25-11(2)18(23)22-14-8-12(20)7-13(21)9-14/h3-9,11H,1-2H3,(H,22,23). The van der Waals surface area contributed by atoms with E-state index in [1.807, 2.05) is 18.2 Å². The Morgan fingerprint density at radius 2 is 1.77 bits per heavy atom. The van der Waals surface area contributed by atoms with Crippen molar-refractivity contribution >= 4 is 51.7 Å². The normalized spacial score (nSPS) is 12.0. The first kappa shape index (κ1) is 18.3. The first-order valence-corrected chi connectivity index (χ1v) is 8.57. The van der Waals surface area contributed by atoms with Gasteiger partial charge in [-0.05, 0) is 38.1 Å². The van der Waals surface area contributed by atoms with E-state index in [0.29, 0.717) is 26.9 Å². The van der Waals surface area contributed by atoms with Crippen LogP contribution in [0.25, 0.3) is 11.0 Å². The van der Waals surface area contributed by atoms with Crippen molar-refractivity contribution in [1.29, 1.82) is 0 Å². The van der Waals surface area contributed by atoms with Crippen LogP contribution in [0, 0.1) is 6.92 Å². The molecule has 0 saturated carbocycles. The highest BCUT2D eigenvalue weighted by molar-refractivity contribution is 6.35. The molecule has 0 bridgehead atoms. The van der Waals surface area contributed by atoms with Crippen molar-refractivity contribution in [1.82, 2.24) is 0 Å². The van der Waals surface area contributed by atoms with Gasteiger partial charge < -0.3 is 14.5 Å². The van der Waals surface area contributed by atoms with Gasteiger partial charge in [0.1, 0.15) is 5.58 Å². The van der Waals surface area contributed by atoms with E-state index in [0.717, 1.165) is 5.39 Å². The molecule has 1 N–H and O–H groups in total. The molecule has 0 aliphatic heterocycles. The van der Waals surface area contributed by atoms with E-state index in [4.69, 9.17) is 32.4 Å². The van der Waals surface area contributed by atoms with E-state index in [1.165, 1.54) is 6.92 Å². The molecule has 0 saturated heterocycles. The Morgan fingerprint density at radius 1 is 1.12 bits per heavy atom. The van der Waals surface area contributed by atoms with Gasteiger partial charge in [-0.1, -0.05) is 41.4 Å². The Bertz CT molecular complexity index is 976. The van der Waals surface area contributed by atoms with Crippen molar-refractivity contribution in [3.8, 4) is 0 Å². The Hall–Kier alpha value is -2.50. The maximum Gasteiger partial charge on any atom is 0.375 e. The molecule has 3 aromatic rings. The number of nitrogens with one attached hydrogen (secondary N) is 1. The molecule has 1 unspecified atom stereocenters. The van der Waals surface area contributed by atoms with Gasteiger partial charge in [0.2, 0.25) is 5.76 Å². The van der Waals surface area contributed by atoms with Crippen LogP contribution >= 0.6 is 23.2 Å². The quantitative estimate of drug-likeness (QED) is 0.618. The molecule has 1 atom stereocenters. The van der Waals surface area contributed by atoms with E-state index in [-0.39, 0.29) is 5.76 Å². The summed E-state index contributed by atoms with van der Waals surface area (Å²) in [6.45, 7) is 3.23. The van der Waals surface area contributed by atoms with Gasteiger partial charge in [0.05, 0.1) is 0 Å². The van der Waals surface area contributed by atoms with Crippen molar-refractivity contribution in [3.05, 3.63) is 63.8 Å². The second kappa shape index (κ2) is 7.40. The molecule has 0 aliphatic rings. The predicted molar refractivity (Wildman–Crippen MR) is 101 cm³/mol. The summed E-state index contributed by atoms with van der Waals surface area (Å²) in [7, 11) is 0. The maximum atomic E-state index is 12.4. The molecule has 2 aromatic carbocycles. The smallest absolute Gasteiger partial charge is 0.375 e. The number of carbonyl (C=O) groups is 2. The number of carbonyl (C=O) groups excluding carboxylic acids is 2. The third-order valence-corrected chi connectivity index (χ3v) is 4.25. The lowest BCUT2D eigenvalue weighted by molar-refractivity contribution is -0.123. The molecular weight excluding hydrogens is 377 g/mol. The van der Waals surface area contributed by atoms with Crippen LogP contribution in [0.2, 0.25) is 10.0 Å². The van der Waals surface area contributed by atoms with E-state index in [2.05, 4.69) is 5.32 Å². The lowest BCUT2D eigenvalue weighted by Gasteiger charge is -2.13. The number of para-hydroxylation sites is 1. The summed E-state index contributed by atoms with van der Waals surface area (Å²) in [5.74, 6) is -1.13. The minimum absolute atomic E-state index is 0.0802. The average Bonchev–Trinajstić information content (AvgIpc) is 2.91. The number of rotatable bonds is 4. The summed E-state index contributed by atoms with van der Waals surface area (Å²) in [5, 5.41) is 4.20. The minimum Gasteiger partial charge on any atom is -0.449 e. The van der Waals surface area contributed by atoms with Gasteiger partial charge in [-0.2, -0.15) is 0 Å². The van der Waals surface area contributed by atoms with E-state index in [1.54, 1.807) is 31.2 Å². The van der Waals surface area contributed by atoms with Crippen LogP contribution in [0.5, 0.6) is 0 Å². The van der Waals surface area contributed by atoms with Gasteiger partial charge >= 0.3 is 5.97 Å². The van der Waals surface area contributed by atoms with Gasteiger partial charge in [-0.3, -0.25) is 4.79 Å². The second-order valence-electron chi connectivity index (χ2n) is 5.75. The first-order chi connectivity index (χ1) is 12.3. The lowest BCUT2D eigenvalue weighted by atomic mass is 10.1. The molecule has 1 aromatic heterocycles. The van der Waals surface area contributed by atoms with Crippen molar-refractivity contribution in [3.63, 3.8) is 0 Å². The molecule has 134 valence electrons. The van der Waals surface area contributed by atoms with Crippen LogP contribution in [0.4, 0.5) is 5.69 Å². The second-order valence-corrected chi connectivity index (χ2v) is 6.62. The Labute approximate surface area is 159 Å². The highest BCUT2D eigenvalue weighted by Gasteiger charge is 2.24. The van der Waals surface area contributed by atoms with Crippen LogP contribution in [-0.4, -0.2) is 18.0 Å². The average molecular weight is 392 g/mol. The van der Waals surface area contributed by atoms with Crippen LogP contribution in [0.3, 0.4) is 0 Å². The molecule has 0 spiro atoms. The number of hydrogen-bond acceptors (Lipinski definition) is 4. The largest absolute Gasteiger partial charge is 0.449 e. The lowest BCUT2D eigenvalue weighted by Crippen LogP contribution is -2.30. The summed E-state index contributed by atoms with van der Waals surface area (Å²) < 4.78 is 10.8. The summed E-state index contributed by atoms with van der Waals surface area (Å²) in [4.78, 5) is 24.6. The van der Waals surface area contributed by atoms with E-state index < -0.39 is 18.0 Å². The molecule has 1 amide bonds. The number of amides is 1. The summed E-state index contributed by atoms with van der Waals surface area (Å²) in [5.41, 5.74) is 1.66. The molecule has 7 heteroatoms. The van der Waals surface area contributed by atoms with E-state index >= 15 is 0 Å². The zero-order chi connectivity index (χ0) is 18.8. The topological polar surface area (TPSA) is 68.5 Å². The van der Waals surface area contributed by atoms with Crippen LogP contribution < -0.4 is 5.32 Å². The monoisotopic (exact) mass is 391 g/mol. The third kappa shape index (κ3) is 3.84. The summed E-state index contributed by atoms with van der Waals surface area (Å²) in [6, 6.07) is 11.9. The maximum absolute atomic E-state index is 12.4. The van der Waals surface area contributed by atoms with Crippen molar-refractivity contribution in [2.45, 2.75) is 20.0 Å². The SMILES string of the molecule is Cc1c(C(=O)OC(C)C(=O)Nc2cc(Cl)cc(Cl)c2)oc2ccccc12. The van der Waals surface area contributed by atoms with Gasteiger partial charge in [-0.15, -0.1) is 0 Å². The number of hydrogen-bond donors (Lipinski definition) is 1. The molecule has 0 fully saturated rings. The van der Waals surface area contributed by atoms with Crippen LogP contribution in [0.15, 0.2) is 46.9 Å². The Kier molecular flexibility index (Phi) is 5.20. The summed E-state index contributed by atoms with van der Waals surface area (Å²) in [6.07, 6.45) is -1.03. The number of anilines is 1. The number of esters is 1.